The molecule has 2 aromatic rings. The van der Waals surface area contributed by atoms with Crippen molar-refractivity contribution in [2.75, 3.05) is 0 Å². The van der Waals surface area contributed by atoms with E-state index in [4.69, 9.17) is 4.52 Å². The molecule has 1 N–H and O–H groups in total. The SMILES string of the molecule is Cc1noc(C)c1CNCc1c(F)cccc1F. The molecule has 0 bridgehead atoms. The Morgan fingerprint density at radius 3 is 2.28 bits per heavy atom. The van der Waals surface area contributed by atoms with Gasteiger partial charge < -0.3 is 9.84 Å². The highest BCUT2D eigenvalue weighted by Crippen LogP contribution is 2.14. The Bertz CT molecular complexity index is 512. The molecule has 3 nitrogen and oxygen atoms in total. The third kappa shape index (κ3) is 2.56. The number of hydrogen-bond donors (Lipinski definition) is 1. The molecule has 1 heterocycles. The van der Waals surface area contributed by atoms with Crippen LogP contribution in [-0.4, -0.2) is 5.16 Å². The lowest BCUT2D eigenvalue weighted by Crippen LogP contribution is -2.15. The quantitative estimate of drug-likeness (QED) is 0.909. The van der Waals surface area contributed by atoms with Gasteiger partial charge in [-0.05, 0) is 26.0 Å². The summed E-state index contributed by atoms with van der Waals surface area (Å²) in [4.78, 5) is 0. The minimum atomic E-state index is -0.540. The van der Waals surface area contributed by atoms with Crippen molar-refractivity contribution in [3.05, 3.63) is 52.4 Å². The Kier molecular flexibility index (Phi) is 3.72. The number of rotatable bonds is 4. The van der Waals surface area contributed by atoms with Crippen LogP contribution in [0.25, 0.3) is 0 Å². The predicted molar refractivity (Wildman–Crippen MR) is 62.9 cm³/mol. The second-order valence-electron chi connectivity index (χ2n) is 4.11. The molecular weight excluding hydrogens is 238 g/mol. The van der Waals surface area contributed by atoms with Gasteiger partial charge in [0.2, 0.25) is 0 Å². The first-order valence-corrected chi connectivity index (χ1v) is 5.65. The molecule has 18 heavy (non-hydrogen) atoms. The van der Waals surface area contributed by atoms with Gasteiger partial charge in [0.15, 0.2) is 0 Å². The summed E-state index contributed by atoms with van der Waals surface area (Å²) in [6.45, 7) is 4.23. The first-order chi connectivity index (χ1) is 8.59. The fourth-order valence-corrected chi connectivity index (χ4v) is 1.77. The van der Waals surface area contributed by atoms with Crippen LogP contribution in [0.4, 0.5) is 8.78 Å². The number of benzene rings is 1. The summed E-state index contributed by atoms with van der Waals surface area (Å²) in [7, 11) is 0. The van der Waals surface area contributed by atoms with Crippen LogP contribution < -0.4 is 5.32 Å². The minimum Gasteiger partial charge on any atom is -0.361 e. The summed E-state index contributed by atoms with van der Waals surface area (Å²) in [6, 6.07) is 3.84. The van der Waals surface area contributed by atoms with Crippen molar-refractivity contribution >= 4 is 0 Å². The van der Waals surface area contributed by atoms with E-state index in [-0.39, 0.29) is 12.1 Å². The highest BCUT2D eigenvalue weighted by atomic mass is 19.1. The topological polar surface area (TPSA) is 38.1 Å². The molecule has 0 unspecified atom stereocenters. The predicted octanol–water partition coefficient (Wildman–Crippen LogP) is 2.86. The molecule has 0 spiro atoms. The average molecular weight is 252 g/mol. The summed E-state index contributed by atoms with van der Waals surface area (Å²) >= 11 is 0. The lowest BCUT2D eigenvalue weighted by molar-refractivity contribution is 0.391. The van der Waals surface area contributed by atoms with Crippen LogP contribution in [0.15, 0.2) is 22.7 Å². The van der Waals surface area contributed by atoms with Crippen molar-refractivity contribution in [3.63, 3.8) is 0 Å². The van der Waals surface area contributed by atoms with Crippen molar-refractivity contribution in [3.8, 4) is 0 Å². The molecule has 0 fully saturated rings. The number of aryl methyl sites for hydroxylation is 2. The van der Waals surface area contributed by atoms with Crippen LogP contribution in [0, 0.1) is 25.5 Å². The van der Waals surface area contributed by atoms with E-state index in [0.717, 1.165) is 11.3 Å². The number of aromatic nitrogens is 1. The molecular formula is C13H14F2N2O. The average Bonchev–Trinajstić information content (AvgIpc) is 2.64. The lowest BCUT2D eigenvalue weighted by Gasteiger charge is -2.06. The third-order valence-corrected chi connectivity index (χ3v) is 2.85. The maximum Gasteiger partial charge on any atom is 0.138 e. The number of halogens is 2. The number of hydrogen-bond acceptors (Lipinski definition) is 3. The maximum absolute atomic E-state index is 13.4. The fourth-order valence-electron chi connectivity index (χ4n) is 1.77. The van der Waals surface area contributed by atoms with E-state index in [0.29, 0.717) is 12.3 Å². The molecule has 96 valence electrons. The van der Waals surface area contributed by atoms with Crippen LogP contribution in [0.3, 0.4) is 0 Å². The fraction of sp³-hybridized carbons (Fsp3) is 0.308. The van der Waals surface area contributed by atoms with Crippen LogP contribution in [-0.2, 0) is 13.1 Å². The summed E-state index contributed by atoms with van der Waals surface area (Å²) in [5, 5.41) is 6.80. The summed E-state index contributed by atoms with van der Waals surface area (Å²) in [6.07, 6.45) is 0. The molecule has 0 aliphatic heterocycles. The van der Waals surface area contributed by atoms with E-state index in [1.165, 1.54) is 18.2 Å². The smallest absolute Gasteiger partial charge is 0.138 e. The van der Waals surface area contributed by atoms with E-state index in [1.807, 2.05) is 6.92 Å². The third-order valence-electron chi connectivity index (χ3n) is 2.85. The van der Waals surface area contributed by atoms with Crippen LogP contribution in [0.1, 0.15) is 22.6 Å². The molecule has 0 saturated heterocycles. The van der Waals surface area contributed by atoms with Gasteiger partial charge in [-0.1, -0.05) is 11.2 Å². The molecule has 0 amide bonds. The molecule has 1 aromatic carbocycles. The Morgan fingerprint density at radius 1 is 1.11 bits per heavy atom. The van der Waals surface area contributed by atoms with Gasteiger partial charge in [-0.25, -0.2) is 8.78 Å². The van der Waals surface area contributed by atoms with Gasteiger partial charge in [0.05, 0.1) is 5.69 Å². The van der Waals surface area contributed by atoms with Crippen molar-refractivity contribution in [2.24, 2.45) is 0 Å². The molecule has 2 rings (SSSR count). The first-order valence-electron chi connectivity index (χ1n) is 5.65. The van der Waals surface area contributed by atoms with E-state index >= 15 is 0 Å². The van der Waals surface area contributed by atoms with Gasteiger partial charge in [0, 0.05) is 24.2 Å². The second kappa shape index (κ2) is 5.27. The minimum absolute atomic E-state index is 0.0456. The normalized spacial score (nSPS) is 10.9. The zero-order chi connectivity index (χ0) is 13.1. The van der Waals surface area contributed by atoms with E-state index < -0.39 is 11.6 Å². The maximum atomic E-state index is 13.4. The summed E-state index contributed by atoms with van der Waals surface area (Å²) in [5.41, 5.74) is 1.75. The molecule has 0 aliphatic rings. The summed E-state index contributed by atoms with van der Waals surface area (Å²) < 4.78 is 31.7. The molecule has 0 atom stereocenters. The van der Waals surface area contributed by atoms with E-state index in [1.54, 1.807) is 6.92 Å². The van der Waals surface area contributed by atoms with Gasteiger partial charge in [0.25, 0.3) is 0 Å². The Hall–Kier alpha value is -1.75. The van der Waals surface area contributed by atoms with E-state index in [2.05, 4.69) is 10.5 Å². The van der Waals surface area contributed by atoms with Gasteiger partial charge >= 0.3 is 0 Å². The monoisotopic (exact) mass is 252 g/mol. The van der Waals surface area contributed by atoms with Gasteiger partial charge in [-0.2, -0.15) is 0 Å². The number of nitrogens with zero attached hydrogens (tertiary/aromatic N) is 1. The van der Waals surface area contributed by atoms with Crippen LogP contribution >= 0.6 is 0 Å². The zero-order valence-electron chi connectivity index (χ0n) is 10.3. The molecule has 5 heteroatoms. The lowest BCUT2D eigenvalue weighted by atomic mass is 10.1. The molecule has 0 radical (unpaired) electrons. The largest absolute Gasteiger partial charge is 0.361 e. The highest BCUT2D eigenvalue weighted by Gasteiger charge is 2.10. The van der Waals surface area contributed by atoms with Gasteiger partial charge in [-0.3, -0.25) is 0 Å². The molecule has 1 aromatic heterocycles. The molecule has 0 saturated carbocycles. The second-order valence-corrected chi connectivity index (χ2v) is 4.11. The Morgan fingerprint density at radius 2 is 1.72 bits per heavy atom. The van der Waals surface area contributed by atoms with Crippen molar-refractivity contribution in [2.45, 2.75) is 26.9 Å². The van der Waals surface area contributed by atoms with E-state index in [9.17, 15) is 8.78 Å². The number of nitrogens with one attached hydrogen (secondary N) is 1. The Balaban J connectivity index is 2.01. The van der Waals surface area contributed by atoms with Crippen molar-refractivity contribution in [1.29, 1.82) is 0 Å². The standard InChI is InChI=1S/C13H14F2N2O/c1-8-10(9(2)18-17-8)6-16-7-11-12(14)4-3-5-13(11)15/h3-5,16H,6-7H2,1-2H3. The molecule has 0 aliphatic carbocycles. The van der Waals surface area contributed by atoms with Crippen LogP contribution in [0.2, 0.25) is 0 Å². The van der Waals surface area contributed by atoms with Crippen LogP contribution in [0.5, 0.6) is 0 Å². The van der Waals surface area contributed by atoms with Crippen molar-refractivity contribution in [1.82, 2.24) is 10.5 Å². The van der Waals surface area contributed by atoms with Gasteiger partial charge in [0.1, 0.15) is 17.4 Å². The Labute approximate surface area is 104 Å². The van der Waals surface area contributed by atoms with Crippen molar-refractivity contribution < 1.29 is 13.3 Å². The highest BCUT2D eigenvalue weighted by molar-refractivity contribution is 5.22. The van der Waals surface area contributed by atoms with Gasteiger partial charge in [-0.15, -0.1) is 0 Å². The summed E-state index contributed by atoms with van der Waals surface area (Å²) in [5.74, 6) is -0.364. The first kappa shape index (κ1) is 12.7. The zero-order valence-corrected chi connectivity index (χ0v) is 10.3.